The van der Waals surface area contributed by atoms with Gasteiger partial charge in [0.2, 0.25) is 0 Å². The van der Waals surface area contributed by atoms with Crippen LogP contribution in [0.5, 0.6) is 0 Å². The molecule has 19 nitrogen and oxygen atoms in total. The van der Waals surface area contributed by atoms with E-state index in [1.807, 2.05) is 171 Å². The van der Waals surface area contributed by atoms with Crippen molar-refractivity contribution in [1.29, 1.82) is 0 Å². The molecule has 12 heterocycles. The van der Waals surface area contributed by atoms with Gasteiger partial charge in [-0.1, -0.05) is 109 Å². The quantitative estimate of drug-likeness (QED) is 0.143. The monoisotopic (exact) mass is 1120 g/mol. The van der Waals surface area contributed by atoms with Crippen molar-refractivity contribution in [2.75, 3.05) is 0 Å². The first-order valence-electron chi connectivity index (χ1n) is 26.1. The molecular weight excluding hydrogens is 1060 g/mol. The Bertz CT molecular complexity index is 3450. The van der Waals surface area contributed by atoms with E-state index >= 15 is 0 Å². The van der Waals surface area contributed by atoms with Gasteiger partial charge in [-0.25, -0.2) is 24.9 Å². The molecule has 0 atom stereocenters. The van der Waals surface area contributed by atoms with Crippen molar-refractivity contribution in [1.82, 2.24) is 84.8 Å². The second-order valence-electron chi connectivity index (χ2n) is 16.5. The highest BCUT2D eigenvalue weighted by atomic mass is 16.3. The molecule has 0 radical (unpaired) electrons. The third-order valence-electron chi connectivity index (χ3n) is 10.8. The summed E-state index contributed by atoms with van der Waals surface area (Å²) in [6.07, 6.45) is 36.8. The van der Waals surface area contributed by atoms with Crippen molar-refractivity contribution in [2.45, 2.75) is 0 Å². The summed E-state index contributed by atoms with van der Waals surface area (Å²) >= 11 is 0. The normalized spacial score (nSPS) is 9.41. The van der Waals surface area contributed by atoms with E-state index in [0.29, 0.717) is 0 Å². The number of nitrogens with zero attached hydrogens (tertiary/aromatic N) is 15. The maximum Gasteiger partial charge on any atom is 0.160 e. The highest BCUT2D eigenvalue weighted by Crippen LogP contribution is 2.27. The number of aromatic amines is 2. The zero-order valence-electron chi connectivity index (χ0n) is 45.8. The highest BCUT2D eigenvalue weighted by Gasteiger charge is 2.03. The number of aromatic nitrogens is 17. The van der Waals surface area contributed by atoms with E-state index in [1.165, 1.54) is 75.9 Å². The van der Waals surface area contributed by atoms with Crippen molar-refractivity contribution >= 4 is 60.1 Å². The molecule has 85 heavy (non-hydrogen) atoms. The molecule has 12 aromatic heterocycles. The van der Waals surface area contributed by atoms with Gasteiger partial charge >= 0.3 is 0 Å². The average molecular weight is 1120 g/mol. The first-order chi connectivity index (χ1) is 42.3. The van der Waals surface area contributed by atoms with E-state index in [1.54, 1.807) is 74.3 Å². The third-order valence-corrected chi connectivity index (χ3v) is 10.8. The molecule has 2 N–H and O–H groups in total. The predicted octanol–water partition coefficient (Wildman–Crippen LogP) is 13.9. The molecule has 0 aliphatic heterocycles. The minimum atomic E-state index is 0.956. The number of furan rings is 2. The minimum absolute atomic E-state index is 0.956. The number of nitrogens with one attached hydrogen (secondary N) is 2. The number of para-hydroxylation sites is 4. The van der Waals surface area contributed by atoms with Gasteiger partial charge in [-0.3, -0.25) is 15.0 Å². The largest absolute Gasteiger partial charge is 0.464 e. The summed E-state index contributed by atoms with van der Waals surface area (Å²) in [6.45, 7) is 0. The SMILES string of the molecule is c1ccc2[nH]ccc2c1.c1ccc2c(c1)oc1ccccc12.c1ccc2c[nH]cc2c1.c1ccc2occc2c1.c1ccn2cccc2c1.c1ccncc1.c1ccnnc1.c1cnccn1.c1cncnc1.c1ncncn1.c1nncnn1. The zero-order valence-corrected chi connectivity index (χ0v) is 45.8. The molecule has 418 valence electrons. The van der Waals surface area contributed by atoms with E-state index in [4.69, 9.17) is 8.83 Å². The summed E-state index contributed by atoms with van der Waals surface area (Å²) in [5.74, 6) is 0. The summed E-state index contributed by atoms with van der Waals surface area (Å²) in [7, 11) is 0. The molecule has 0 aliphatic rings. The van der Waals surface area contributed by atoms with E-state index in [2.05, 4.69) is 139 Å². The van der Waals surface area contributed by atoms with Gasteiger partial charge in [-0.15, -0.1) is 20.4 Å². The first kappa shape index (κ1) is 60.3. The molecule has 0 fully saturated rings. The Morgan fingerprint density at radius 3 is 1.24 bits per heavy atom. The van der Waals surface area contributed by atoms with Gasteiger partial charge in [0, 0.05) is 120 Å². The predicted molar refractivity (Wildman–Crippen MR) is 332 cm³/mol. The number of hydrogen-bond acceptors (Lipinski definition) is 16. The van der Waals surface area contributed by atoms with Gasteiger partial charge in [0.25, 0.3) is 0 Å². The summed E-state index contributed by atoms with van der Waals surface area (Å²) in [6, 6.07) is 66.0. The van der Waals surface area contributed by atoms with E-state index in [9.17, 15) is 0 Å². The minimum Gasteiger partial charge on any atom is -0.464 e. The Labute approximate surface area is 489 Å². The molecule has 17 aromatic rings. The summed E-state index contributed by atoms with van der Waals surface area (Å²) in [5.41, 5.74) is 5.33. The Hall–Kier alpha value is -12.4. The number of H-pyrrole nitrogens is 2. The fourth-order valence-corrected chi connectivity index (χ4v) is 6.99. The van der Waals surface area contributed by atoms with Crippen LogP contribution >= 0.6 is 0 Å². The van der Waals surface area contributed by atoms with Crippen LogP contribution in [-0.2, 0) is 0 Å². The fourth-order valence-electron chi connectivity index (χ4n) is 6.99. The molecule has 17 rings (SSSR count). The lowest BCUT2D eigenvalue weighted by atomic mass is 10.2. The van der Waals surface area contributed by atoms with Crippen LogP contribution in [0.25, 0.3) is 60.1 Å². The molecular formula is C66H57N17O2. The Morgan fingerprint density at radius 2 is 0.776 bits per heavy atom. The molecule has 0 spiro atoms. The lowest BCUT2D eigenvalue weighted by Gasteiger charge is -1.88. The van der Waals surface area contributed by atoms with Crippen LogP contribution in [0.4, 0.5) is 0 Å². The molecule has 0 saturated carbocycles. The van der Waals surface area contributed by atoms with Crippen molar-refractivity contribution in [2.24, 2.45) is 0 Å². The Morgan fingerprint density at radius 1 is 0.306 bits per heavy atom. The van der Waals surface area contributed by atoms with Gasteiger partial charge in [-0.05, 0) is 107 Å². The smallest absolute Gasteiger partial charge is 0.160 e. The molecule has 0 aliphatic carbocycles. The van der Waals surface area contributed by atoms with Gasteiger partial charge in [-0.2, -0.15) is 10.2 Å². The zero-order chi connectivity index (χ0) is 58.5. The maximum absolute atomic E-state index is 5.65. The standard InChI is InChI=1S/C12H8O.3C8H7N.C8H6O.C5H5N.3C4H4N2.C3H3N3.C2H2N4/c1-3-7-11-9(5-1)10-6-2-4-8-12(10)13-11;1-2-6-9-7-3-5-8(9)4-1;1-2-4-8-6-9-5-7(8)3-1;2*1-2-4-8-7(3-1)5-6-9-8;1-2-4-6-5-3-1;1-2-6-4-3-5-1;1-2-5-4-6-3-1;1-2-4-6-5-3-1;1-4-2-6-3-5-1;1-3-5-2-6-4-1/h1-8H;1-7H;2*1-6,9H;1-6H;1-5H;3*1-4H;1-3H;1-2H. The highest BCUT2D eigenvalue weighted by molar-refractivity contribution is 6.04. The summed E-state index contributed by atoms with van der Waals surface area (Å²) in [5, 5.41) is 27.9. The first-order valence-corrected chi connectivity index (χ1v) is 26.1. The van der Waals surface area contributed by atoms with Crippen LogP contribution in [0.2, 0.25) is 0 Å². The molecule has 5 aromatic carbocycles. The molecule has 0 unspecified atom stereocenters. The average Bonchev–Trinajstić information content (AvgIpc) is 4.64. The van der Waals surface area contributed by atoms with Crippen LogP contribution in [0, 0.1) is 0 Å². The molecule has 0 bridgehead atoms. The van der Waals surface area contributed by atoms with Crippen molar-refractivity contribution < 1.29 is 8.83 Å². The molecule has 19 heteroatoms. The van der Waals surface area contributed by atoms with Crippen LogP contribution in [0.1, 0.15) is 0 Å². The number of fused-ring (bicyclic) bond motifs is 7. The number of rotatable bonds is 0. The lowest BCUT2D eigenvalue weighted by molar-refractivity contribution is 0.616. The summed E-state index contributed by atoms with van der Waals surface area (Å²) < 4.78 is 12.9. The van der Waals surface area contributed by atoms with Gasteiger partial charge in [0.05, 0.1) is 6.26 Å². The van der Waals surface area contributed by atoms with Crippen molar-refractivity contribution in [3.05, 3.63) is 337 Å². The maximum atomic E-state index is 5.65. The molecule has 0 saturated heterocycles. The van der Waals surface area contributed by atoms with Crippen molar-refractivity contribution in [3.63, 3.8) is 0 Å². The van der Waals surface area contributed by atoms with Gasteiger partial charge in [0.15, 0.2) is 12.7 Å². The van der Waals surface area contributed by atoms with E-state index in [-0.39, 0.29) is 0 Å². The Kier molecular flexibility index (Phi) is 27.1. The second-order valence-corrected chi connectivity index (χ2v) is 16.5. The van der Waals surface area contributed by atoms with Crippen LogP contribution in [-0.4, -0.2) is 84.8 Å². The number of pyridine rings is 2. The third kappa shape index (κ3) is 23.5. The fraction of sp³-hybridized carbons (Fsp3) is 0. The van der Waals surface area contributed by atoms with Crippen LogP contribution in [0.15, 0.2) is 346 Å². The number of hydrogen-bond donors (Lipinski definition) is 2. The van der Waals surface area contributed by atoms with Crippen LogP contribution in [0.3, 0.4) is 0 Å². The second kappa shape index (κ2) is 38.3. The van der Waals surface area contributed by atoms with Gasteiger partial charge < -0.3 is 23.2 Å². The summed E-state index contributed by atoms with van der Waals surface area (Å²) in [4.78, 5) is 35.4. The van der Waals surface area contributed by atoms with E-state index < -0.39 is 0 Å². The molecule has 0 amide bonds. The topological polar surface area (TPSA) is 243 Å². The lowest BCUT2D eigenvalue weighted by Crippen LogP contribution is -1.81. The number of benzene rings is 5. The van der Waals surface area contributed by atoms with Crippen molar-refractivity contribution in [3.8, 4) is 0 Å². The van der Waals surface area contributed by atoms with Gasteiger partial charge in [0.1, 0.15) is 42.1 Å². The van der Waals surface area contributed by atoms with E-state index in [0.717, 1.165) is 22.1 Å². The Balaban J connectivity index is 0.000000135. The van der Waals surface area contributed by atoms with Crippen LogP contribution < -0.4 is 0 Å².